The van der Waals surface area contributed by atoms with Crippen molar-refractivity contribution in [3.63, 3.8) is 0 Å². The van der Waals surface area contributed by atoms with E-state index in [2.05, 4.69) is 10.3 Å². The number of aromatic nitrogens is 1. The number of carbonyl (C=O) groups excluding carboxylic acids is 1. The standard InChI is InChI=1S/C26H29N3O7/c1-5-33-17-35-21-12-13-23-19(14-21)15-22(36-23)9-7-6-8-18-10-11-20(27-24(18)29(31)32)16-34-25(30)28-26(2,3)4/h6-15H,5,16-17H2,1-4H3,(H,28,30)/b8-6+,9-7+. The van der Waals surface area contributed by atoms with E-state index in [-0.39, 0.29) is 24.9 Å². The molecule has 0 aliphatic carbocycles. The largest absolute Gasteiger partial charge is 0.468 e. The lowest BCUT2D eigenvalue weighted by atomic mass is 10.1. The van der Waals surface area contributed by atoms with Gasteiger partial charge in [-0.05, 0) is 86.2 Å². The smallest absolute Gasteiger partial charge is 0.408 e. The molecular weight excluding hydrogens is 466 g/mol. The van der Waals surface area contributed by atoms with Crippen molar-refractivity contribution in [3.8, 4) is 5.75 Å². The first kappa shape index (κ1) is 26.4. The summed E-state index contributed by atoms with van der Waals surface area (Å²) < 4.78 is 21.6. The van der Waals surface area contributed by atoms with Gasteiger partial charge in [-0.2, -0.15) is 0 Å². The third-order valence-corrected chi connectivity index (χ3v) is 4.63. The van der Waals surface area contributed by atoms with Crippen molar-refractivity contribution in [1.82, 2.24) is 10.3 Å². The molecule has 0 aliphatic rings. The highest BCUT2D eigenvalue weighted by Gasteiger charge is 2.18. The number of hydrogen-bond acceptors (Lipinski definition) is 8. The number of ether oxygens (including phenoxy) is 3. The number of amides is 1. The maximum absolute atomic E-state index is 11.8. The van der Waals surface area contributed by atoms with E-state index in [1.54, 1.807) is 42.5 Å². The molecule has 190 valence electrons. The molecule has 10 nitrogen and oxygen atoms in total. The first-order chi connectivity index (χ1) is 17.1. The Labute approximate surface area is 208 Å². The zero-order chi connectivity index (χ0) is 26.1. The van der Waals surface area contributed by atoms with Gasteiger partial charge >= 0.3 is 11.9 Å². The van der Waals surface area contributed by atoms with E-state index >= 15 is 0 Å². The Bertz CT molecular complexity index is 1270. The van der Waals surface area contributed by atoms with E-state index in [1.165, 1.54) is 0 Å². The van der Waals surface area contributed by atoms with Crippen molar-refractivity contribution >= 4 is 35.0 Å². The first-order valence-corrected chi connectivity index (χ1v) is 11.3. The normalized spacial score (nSPS) is 11.9. The van der Waals surface area contributed by atoms with Crippen LogP contribution >= 0.6 is 0 Å². The summed E-state index contributed by atoms with van der Waals surface area (Å²) in [5.41, 5.74) is 0.831. The molecule has 3 rings (SSSR count). The molecule has 0 bridgehead atoms. The van der Waals surface area contributed by atoms with Crippen LogP contribution in [-0.2, 0) is 16.1 Å². The van der Waals surface area contributed by atoms with E-state index in [9.17, 15) is 14.9 Å². The fraction of sp³-hybridized carbons (Fsp3) is 0.308. The van der Waals surface area contributed by atoms with E-state index in [1.807, 2.05) is 45.9 Å². The van der Waals surface area contributed by atoms with E-state index in [0.29, 0.717) is 29.3 Å². The third kappa shape index (κ3) is 7.95. The second kappa shape index (κ2) is 12.0. The molecule has 1 N–H and O–H groups in total. The Morgan fingerprint density at radius 3 is 2.67 bits per heavy atom. The molecule has 36 heavy (non-hydrogen) atoms. The number of nitrogens with zero attached hydrogens (tertiary/aromatic N) is 2. The molecule has 10 heteroatoms. The summed E-state index contributed by atoms with van der Waals surface area (Å²) >= 11 is 0. The molecule has 0 saturated carbocycles. The Kier molecular flexibility index (Phi) is 8.80. The van der Waals surface area contributed by atoms with E-state index in [4.69, 9.17) is 18.6 Å². The topological polar surface area (TPSA) is 126 Å². The summed E-state index contributed by atoms with van der Waals surface area (Å²) in [5, 5.41) is 15.0. The minimum Gasteiger partial charge on any atom is -0.468 e. The van der Waals surface area contributed by atoms with E-state index < -0.39 is 16.6 Å². The predicted octanol–water partition coefficient (Wildman–Crippen LogP) is 5.86. The third-order valence-electron chi connectivity index (χ3n) is 4.63. The summed E-state index contributed by atoms with van der Waals surface area (Å²) in [6.07, 6.45) is 6.05. The number of fused-ring (bicyclic) bond motifs is 1. The molecule has 2 aromatic heterocycles. The second-order valence-corrected chi connectivity index (χ2v) is 8.75. The number of hydrogen-bond donors (Lipinski definition) is 1. The number of alkyl carbamates (subject to hydrolysis) is 1. The van der Waals surface area contributed by atoms with Crippen LogP contribution in [0.2, 0.25) is 0 Å². The molecule has 1 amide bonds. The van der Waals surface area contributed by atoms with Crippen molar-refractivity contribution in [2.45, 2.75) is 39.8 Å². The van der Waals surface area contributed by atoms with Crippen LogP contribution in [-0.4, -0.2) is 34.9 Å². The predicted molar refractivity (Wildman–Crippen MR) is 135 cm³/mol. The monoisotopic (exact) mass is 495 g/mol. The lowest BCUT2D eigenvalue weighted by Crippen LogP contribution is -2.40. The van der Waals surface area contributed by atoms with Crippen molar-refractivity contribution in [1.29, 1.82) is 0 Å². The number of nitro groups is 1. The van der Waals surface area contributed by atoms with Crippen molar-refractivity contribution in [2.24, 2.45) is 0 Å². The number of furan rings is 1. The average molecular weight is 496 g/mol. The Morgan fingerprint density at radius 2 is 1.94 bits per heavy atom. The number of nitrogens with one attached hydrogen (secondary N) is 1. The second-order valence-electron chi connectivity index (χ2n) is 8.75. The number of rotatable bonds is 10. The van der Waals surface area contributed by atoms with Gasteiger partial charge in [0, 0.05) is 17.5 Å². The summed E-state index contributed by atoms with van der Waals surface area (Å²) in [4.78, 5) is 26.8. The van der Waals surface area contributed by atoms with Crippen LogP contribution in [0.15, 0.2) is 53.0 Å². The van der Waals surface area contributed by atoms with Crippen LogP contribution in [0.4, 0.5) is 10.6 Å². The minimum absolute atomic E-state index is 0.180. The summed E-state index contributed by atoms with van der Waals surface area (Å²) in [7, 11) is 0. The van der Waals surface area contributed by atoms with Crippen LogP contribution in [0, 0.1) is 10.1 Å². The maximum atomic E-state index is 11.8. The van der Waals surface area contributed by atoms with Gasteiger partial charge in [-0.1, -0.05) is 12.2 Å². The van der Waals surface area contributed by atoms with Crippen LogP contribution in [0.1, 0.15) is 44.7 Å². The lowest BCUT2D eigenvalue weighted by Gasteiger charge is -2.19. The highest BCUT2D eigenvalue weighted by molar-refractivity contribution is 5.81. The molecule has 0 unspecified atom stereocenters. The molecule has 0 fully saturated rings. The van der Waals surface area contributed by atoms with Crippen LogP contribution in [0.25, 0.3) is 23.1 Å². The molecule has 1 aromatic carbocycles. The molecule has 3 aromatic rings. The van der Waals surface area contributed by atoms with Gasteiger partial charge < -0.3 is 34.1 Å². The molecule has 0 spiro atoms. The van der Waals surface area contributed by atoms with Crippen LogP contribution in [0.5, 0.6) is 5.75 Å². The summed E-state index contributed by atoms with van der Waals surface area (Å²) in [6, 6.07) is 10.5. The zero-order valence-electron chi connectivity index (χ0n) is 20.6. The zero-order valence-corrected chi connectivity index (χ0v) is 20.6. The summed E-state index contributed by atoms with van der Waals surface area (Å²) in [5.74, 6) is 0.959. The van der Waals surface area contributed by atoms with Crippen LogP contribution in [0.3, 0.4) is 0 Å². The summed E-state index contributed by atoms with van der Waals surface area (Å²) in [6.45, 7) is 7.91. The van der Waals surface area contributed by atoms with Gasteiger partial charge in [-0.25, -0.2) is 4.79 Å². The number of carbonyl (C=O) groups is 1. The van der Waals surface area contributed by atoms with Crippen molar-refractivity contribution < 1.29 is 28.3 Å². The quantitative estimate of drug-likeness (QED) is 0.122. The number of allylic oxidation sites excluding steroid dienone is 2. The van der Waals surface area contributed by atoms with Gasteiger partial charge in [-0.3, -0.25) is 0 Å². The Hall–Kier alpha value is -4.18. The lowest BCUT2D eigenvalue weighted by molar-refractivity contribution is -0.389. The van der Waals surface area contributed by atoms with Gasteiger partial charge in [0.1, 0.15) is 17.1 Å². The molecular formula is C26H29N3O7. The maximum Gasteiger partial charge on any atom is 0.408 e. The van der Waals surface area contributed by atoms with E-state index in [0.717, 1.165) is 5.39 Å². The molecule has 0 saturated heterocycles. The van der Waals surface area contributed by atoms with Crippen molar-refractivity contribution in [3.05, 3.63) is 75.7 Å². The van der Waals surface area contributed by atoms with Crippen LogP contribution < -0.4 is 10.1 Å². The minimum atomic E-state index is -0.624. The number of pyridine rings is 1. The molecule has 2 heterocycles. The Morgan fingerprint density at radius 1 is 1.17 bits per heavy atom. The highest BCUT2D eigenvalue weighted by Crippen LogP contribution is 2.25. The van der Waals surface area contributed by atoms with Gasteiger partial charge in [0.05, 0.1) is 5.56 Å². The van der Waals surface area contributed by atoms with Gasteiger partial charge in [0.2, 0.25) is 0 Å². The Balaban J connectivity index is 1.65. The van der Waals surface area contributed by atoms with Gasteiger partial charge in [-0.15, -0.1) is 0 Å². The molecule has 0 atom stereocenters. The average Bonchev–Trinajstić information content (AvgIpc) is 3.22. The van der Waals surface area contributed by atoms with Gasteiger partial charge in [0.25, 0.3) is 0 Å². The first-order valence-electron chi connectivity index (χ1n) is 11.3. The SMILES string of the molecule is CCOCOc1ccc2oc(/C=C/C=C/c3ccc(COC(=O)NC(C)(C)C)nc3[N+](=O)[O-])cc2c1. The van der Waals surface area contributed by atoms with Gasteiger partial charge in [0.15, 0.2) is 19.1 Å². The molecule has 0 radical (unpaired) electrons. The van der Waals surface area contributed by atoms with Crippen molar-refractivity contribution in [2.75, 3.05) is 13.4 Å². The fourth-order valence-electron chi connectivity index (χ4n) is 3.05. The fourth-order valence-corrected chi connectivity index (χ4v) is 3.05. The highest BCUT2D eigenvalue weighted by atomic mass is 16.7. The number of benzene rings is 1. The molecule has 0 aliphatic heterocycles.